The molecular formula is C10H18N2S2. The predicted molar refractivity (Wildman–Crippen MR) is 65.9 cm³/mol. The van der Waals surface area contributed by atoms with Gasteiger partial charge in [-0.05, 0) is 19.4 Å². The summed E-state index contributed by atoms with van der Waals surface area (Å²) in [5.41, 5.74) is 6.72. The van der Waals surface area contributed by atoms with Gasteiger partial charge in [-0.3, -0.25) is 0 Å². The fraction of sp³-hybridized carbons (Fsp3) is 0.700. The maximum Gasteiger partial charge on any atom is 0.0925 e. The van der Waals surface area contributed by atoms with E-state index in [0.717, 1.165) is 25.1 Å². The van der Waals surface area contributed by atoms with Gasteiger partial charge in [0.15, 0.2) is 0 Å². The Kier molecular flexibility index (Phi) is 5.52. The summed E-state index contributed by atoms with van der Waals surface area (Å²) in [5, 5.41) is 4.06. The molecule has 0 bridgehead atoms. The molecule has 0 amide bonds. The minimum absolute atomic E-state index is 0.645. The van der Waals surface area contributed by atoms with Crippen LogP contribution in [-0.4, -0.2) is 16.8 Å². The zero-order valence-corrected chi connectivity index (χ0v) is 10.5. The fourth-order valence-electron chi connectivity index (χ4n) is 1.12. The third kappa shape index (κ3) is 3.98. The Balaban J connectivity index is 2.30. The van der Waals surface area contributed by atoms with Crippen LogP contribution in [0.15, 0.2) is 5.38 Å². The average molecular weight is 230 g/mol. The molecular weight excluding hydrogens is 212 g/mol. The van der Waals surface area contributed by atoms with Crippen molar-refractivity contribution in [1.82, 2.24) is 4.98 Å². The van der Waals surface area contributed by atoms with Crippen LogP contribution in [0.5, 0.6) is 0 Å². The van der Waals surface area contributed by atoms with Crippen LogP contribution in [0.1, 0.15) is 31.0 Å². The van der Waals surface area contributed by atoms with E-state index in [4.69, 9.17) is 5.73 Å². The molecule has 0 fully saturated rings. The molecule has 14 heavy (non-hydrogen) atoms. The number of aromatic nitrogens is 1. The Bertz CT molecular complexity index is 260. The number of thioether (sulfide) groups is 1. The van der Waals surface area contributed by atoms with Gasteiger partial charge in [0.1, 0.15) is 0 Å². The van der Waals surface area contributed by atoms with Gasteiger partial charge in [0.2, 0.25) is 0 Å². The summed E-state index contributed by atoms with van der Waals surface area (Å²) in [6.45, 7) is 5.16. The summed E-state index contributed by atoms with van der Waals surface area (Å²) < 4.78 is 0. The molecule has 0 saturated heterocycles. The molecule has 1 aromatic rings. The quantitative estimate of drug-likeness (QED) is 0.816. The number of nitrogens with zero attached hydrogens (tertiary/aromatic N) is 1. The van der Waals surface area contributed by atoms with Crippen LogP contribution in [-0.2, 0) is 12.2 Å². The lowest BCUT2D eigenvalue weighted by atomic mass is 10.3. The van der Waals surface area contributed by atoms with Gasteiger partial charge in [-0.2, -0.15) is 11.8 Å². The minimum Gasteiger partial charge on any atom is -0.330 e. The van der Waals surface area contributed by atoms with E-state index in [1.807, 2.05) is 11.8 Å². The smallest absolute Gasteiger partial charge is 0.0925 e. The molecule has 0 aliphatic heterocycles. The van der Waals surface area contributed by atoms with Crippen molar-refractivity contribution in [1.29, 1.82) is 0 Å². The molecule has 1 rings (SSSR count). The lowest BCUT2D eigenvalue weighted by molar-refractivity contribution is 0.822. The van der Waals surface area contributed by atoms with Crippen LogP contribution < -0.4 is 5.73 Å². The Morgan fingerprint density at radius 3 is 3.00 bits per heavy atom. The molecule has 0 saturated carbocycles. The Labute approximate surface area is 94.3 Å². The van der Waals surface area contributed by atoms with Gasteiger partial charge in [-0.15, -0.1) is 11.3 Å². The number of hydrogen-bond donors (Lipinski definition) is 1. The van der Waals surface area contributed by atoms with Crippen molar-refractivity contribution in [3.05, 3.63) is 16.1 Å². The van der Waals surface area contributed by atoms with E-state index in [0.29, 0.717) is 5.25 Å². The molecule has 80 valence electrons. The Morgan fingerprint density at radius 2 is 2.43 bits per heavy atom. The van der Waals surface area contributed by atoms with E-state index in [1.54, 1.807) is 11.3 Å². The summed E-state index contributed by atoms with van der Waals surface area (Å²) in [6.07, 6.45) is 2.14. The first kappa shape index (κ1) is 12.0. The highest BCUT2D eigenvalue weighted by molar-refractivity contribution is 7.99. The predicted octanol–water partition coefficient (Wildman–Crippen LogP) is 2.68. The van der Waals surface area contributed by atoms with E-state index in [1.165, 1.54) is 10.7 Å². The van der Waals surface area contributed by atoms with Gasteiger partial charge in [0, 0.05) is 16.4 Å². The lowest BCUT2D eigenvalue weighted by Crippen LogP contribution is -2.07. The van der Waals surface area contributed by atoms with Crippen molar-refractivity contribution in [3.63, 3.8) is 0 Å². The molecule has 0 aliphatic carbocycles. The molecule has 2 N–H and O–H groups in total. The van der Waals surface area contributed by atoms with Crippen LogP contribution >= 0.6 is 23.1 Å². The maximum atomic E-state index is 5.50. The minimum atomic E-state index is 0.645. The molecule has 1 aromatic heterocycles. The molecule has 0 radical (unpaired) electrons. The van der Waals surface area contributed by atoms with Crippen molar-refractivity contribution >= 4 is 23.1 Å². The summed E-state index contributed by atoms with van der Waals surface area (Å²) in [7, 11) is 0. The van der Waals surface area contributed by atoms with Crippen molar-refractivity contribution < 1.29 is 0 Å². The highest BCUT2D eigenvalue weighted by atomic mass is 32.2. The Morgan fingerprint density at radius 1 is 1.64 bits per heavy atom. The first-order chi connectivity index (χ1) is 6.76. The first-order valence-electron chi connectivity index (χ1n) is 5.01. The van der Waals surface area contributed by atoms with Gasteiger partial charge >= 0.3 is 0 Å². The van der Waals surface area contributed by atoms with E-state index in [2.05, 4.69) is 24.2 Å². The van der Waals surface area contributed by atoms with E-state index in [9.17, 15) is 0 Å². The summed E-state index contributed by atoms with van der Waals surface area (Å²) >= 11 is 3.71. The molecule has 0 aromatic carbocycles. The molecule has 1 atom stereocenters. The summed E-state index contributed by atoms with van der Waals surface area (Å²) in [4.78, 5) is 4.53. The van der Waals surface area contributed by atoms with Gasteiger partial charge in [-0.1, -0.05) is 13.8 Å². The van der Waals surface area contributed by atoms with Crippen molar-refractivity contribution in [2.24, 2.45) is 5.73 Å². The second kappa shape index (κ2) is 6.43. The maximum absolute atomic E-state index is 5.50. The normalized spacial score (nSPS) is 13.1. The standard InChI is InChI=1S/C10H18N2S2/c1-3-10-12-9(7-14-10)6-13-8(2)4-5-11/h7-8H,3-6,11H2,1-2H3. The third-order valence-corrected chi connectivity index (χ3v) is 4.30. The largest absolute Gasteiger partial charge is 0.330 e. The first-order valence-corrected chi connectivity index (χ1v) is 6.94. The Hall–Kier alpha value is -0.0600. The molecule has 0 aliphatic rings. The number of aryl methyl sites for hydroxylation is 1. The van der Waals surface area contributed by atoms with Crippen molar-refractivity contribution in [2.45, 2.75) is 37.7 Å². The fourth-order valence-corrected chi connectivity index (χ4v) is 2.88. The van der Waals surface area contributed by atoms with Gasteiger partial charge < -0.3 is 5.73 Å². The number of nitrogens with two attached hydrogens (primary N) is 1. The molecule has 1 unspecified atom stereocenters. The number of rotatable bonds is 6. The highest BCUT2D eigenvalue weighted by Gasteiger charge is 2.04. The van der Waals surface area contributed by atoms with Crippen LogP contribution in [0.25, 0.3) is 0 Å². The highest BCUT2D eigenvalue weighted by Crippen LogP contribution is 2.21. The van der Waals surface area contributed by atoms with Gasteiger partial charge in [0.25, 0.3) is 0 Å². The molecule has 1 heterocycles. The van der Waals surface area contributed by atoms with Crippen LogP contribution in [0, 0.1) is 0 Å². The van der Waals surface area contributed by atoms with Crippen LogP contribution in [0.4, 0.5) is 0 Å². The zero-order valence-electron chi connectivity index (χ0n) is 8.82. The summed E-state index contributed by atoms with van der Waals surface area (Å²) in [5.74, 6) is 1.03. The average Bonchev–Trinajstić information content (AvgIpc) is 2.63. The third-order valence-electron chi connectivity index (χ3n) is 1.99. The van der Waals surface area contributed by atoms with Crippen molar-refractivity contribution in [2.75, 3.05) is 6.54 Å². The SMILES string of the molecule is CCc1nc(CSC(C)CCN)cs1. The van der Waals surface area contributed by atoms with Gasteiger partial charge in [0.05, 0.1) is 10.7 Å². The van der Waals surface area contributed by atoms with Crippen LogP contribution in [0.2, 0.25) is 0 Å². The monoisotopic (exact) mass is 230 g/mol. The van der Waals surface area contributed by atoms with E-state index in [-0.39, 0.29) is 0 Å². The van der Waals surface area contributed by atoms with E-state index < -0.39 is 0 Å². The number of thiazole rings is 1. The number of hydrogen-bond acceptors (Lipinski definition) is 4. The zero-order chi connectivity index (χ0) is 10.4. The van der Waals surface area contributed by atoms with Crippen molar-refractivity contribution in [3.8, 4) is 0 Å². The summed E-state index contributed by atoms with van der Waals surface area (Å²) in [6, 6.07) is 0. The molecule has 0 spiro atoms. The van der Waals surface area contributed by atoms with Gasteiger partial charge in [-0.25, -0.2) is 4.98 Å². The second-order valence-electron chi connectivity index (χ2n) is 3.29. The second-order valence-corrected chi connectivity index (χ2v) is 5.65. The van der Waals surface area contributed by atoms with E-state index >= 15 is 0 Å². The topological polar surface area (TPSA) is 38.9 Å². The molecule has 4 heteroatoms. The molecule has 2 nitrogen and oxygen atoms in total. The van der Waals surface area contributed by atoms with Crippen LogP contribution in [0.3, 0.4) is 0 Å². The lowest BCUT2D eigenvalue weighted by Gasteiger charge is -2.07.